The average Bonchev–Trinajstić information content (AvgIpc) is 2.19. The summed E-state index contributed by atoms with van der Waals surface area (Å²) in [5.41, 5.74) is 0. The number of hydrogen-bond donors (Lipinski definition) is 2. The molecule has 0 atom stereocenters. The highest BCUT2D eigenvalue weighted by atomic mass is 15.5. The van der Waals surface area contributed by atoms with Gasteiger partial charge in [-0.15, -0.1) is 10.2 Å². The van der Waals surface area contributed by atoms with Crippen molar-refractivity contribution in [3.05, 3.63) is 5.82 Å². The Balaban J connectivity index is 2.77. The molecule has 0 radical (unpaired) electrons. The predicted molar refractivity (Wildman–Crippen MR) is 26.0 cm³/mol. The highest BCUT2D eigenvalue weighted by molar-refractivity contribution is 5.73. The first kappa shape index (κ1) is 4.69. The zero-order valence-corrected chi connectivity index (χ0v) is 3.94. The van der Waals surface area contributed by atoms with E-state index in [0.717, 1.165) is 0 Å². The Kier molecular flexibility index (Phi) is 1.18. The summed E-state index contributed by atoms with van der Waals surface area (Å²) in [6.07, 6.45) is 1.30. The van der Waals surface area contributed by atoms with Gasteiger partial charge in [0.2, 0.25) is 5.82 Å². The third-order valence-electron chi connectivity index (χ3n) is 0.552. The summed E-state index contributed by atoms with van der Waals surface area (Å²) in [6.45, 7) is 0. The number of nitrogens with two attached hydrogens (primary N) is 1. The van der Waals surface area contributed by atoms with Gasteiger partial charge in [0.05, 0.1) is 6.21 Å². The molecule has 0 aliphatic heterocycles. The summed E-state index contributed by atoms with van der Waals surface area (Å²) in [6, 6.07) is 0. The van der Waals surface area contributed by atoms with Crippen molar-refractivity contribution < 1.29 is 0 Å². The van der Waals surface area contributed by atoms with E-state index in [-0.39, 0.29) is 0 Å². The van der Waals surface area contributed by atoms with Crippen LogP contribution in [0.2, 0.25) is 0 Å². The molecule has 0 aliphatic carbocycles. The monoisotopic (exact) mass is 112 g/mol. The van der Waals surface area contributed by atoms with Gasteiger partial charge in [0.1, 0.15) is 0 Å². The van der Waals surface area contributed by atoms with E-state index in [4.69, 9.17) is 5.84 Å². The SMILES string of the molecule is NN=Cc1nn[nH]n1. The summed E-state index contributed by atoms with van der Waals surface area (Å²) in [5.74, 6) is 5.15. The normalized spacial score (nSPS) is 10.5. The molecule has 6 nitrogen and oxygen atoms in total. The first-order chi connectivity index (χ1) is 3.93. The second kappa shape index (κ2) is 2.01. The van der Waals surface area contributed by atoms with Gasteiger partial charge >= 0.3 is 0 Å². The van der Waals surface area contributed by atoms with Crippen LogP contribution in [0.15, 0.2) is 5.10 Å². The minimum absolute atomic E-state index is 0.382. The molecule has 1 heterocycles. The summed E-state index contributed by atoms with van der Waals surface area (Å²) in [5, 5.41) is 15.7. The van der Waals surface area contributed by atoms with Crippen LogP contribution in [0.3, 0.4) is 0 Å². The first-order valence-electron chi connectivity index (χ1n) is 1.90. The van der Waals surface area contributed by atoms with Crippen LogP contribution < -0.4 is 5.84 Å². The number of tetrazole rings is 1. The minimum atomic E-state index is 0.382. The van der Waals surface area contributed by atoms with Crippen molar-refractivity contribution in [2.45, 2.75) is 0 Å². The largest absolute Gasteiger partial charge is 0.323 e. The Bertz CT molecular complexity index is 163. The van der Waals surface area contributed by atoms with Crippen molar-refractivity contribution in [1.82, 2.24) is 20.6 Å². The van der Waals surface area contributed by atoms with Crippen molar-refractivity contribution in [2.75, 3.05) is 0 Å². The summed E-state index contributed by atoms with van der Waals surface area (Å²) >= 11 is 0. The molecule has 3 N–H and O–H groups in total. The number of nitrogens with one attached hydrogen (secondary N) is 1. The number of H-pyrrole nitrogens is 1. The Hall–Kier alpha value is -1.46. The third kappa shape index (κ3) is 0.780. The molecule has 8 heavy (non-hydrogen) atoms. The van der Waals surface area contributed by atoms with E-state index in [1.54, 1.807) is 0 Å². The van der Waals surface area contributed by atoms with Gasteiger partial charge in [-0.3, -0.25) is 0 Å². The highest BCUT2D eigenvalue weighted by Gasteiger charge is 1.86. The van der Waals surface area contributed by atoms with E-state index >= 15 is 0 Å². The van der Waals surface area contributed by atoms with Gasteiger partial charge in [0.15, 0.2) is 0 Å². The molecule has 6 heteroatoms. The van der Waals surface area contributed by atoms with Gasteiger partial charge in [0.25, 0.3) is 0 Å². The predicted octanol–water partition coefficient (Wildman–Crippen LogP) is -1.51. The lowest BCUT2D eigenvalue weighted by Crippen LogP contribution is -1.88. The van der Waals surface area contributed by atoms with Crippen LogP contribution in [0.4, 0.5) is 0 Å². The van der Waals surface area contributed by atoms with Gasteiger partial charge in [-0.05, 0) is 5.21 Å². The van der Waals surface area contributed by atoms with E-state index in [1.807, 2.05) is 0 Å². The molecular formula is C2H4N6. The lowest BCUT2D eigenvalue weighted by Gasteiger charge is -1.69. The Labute approximate surface area is 44.8 Å². The average molecular weight is 112 g/mol. The van der Waals surface area contributed by atoms with Crippen LogP contribution in [-0.4, -0.2) is 26.8 Å². The zero-order valence-electron chi connectivity index (χ0n) is 3.94. The van der Waals surface area contributed by atoms with E-state index in [0.29, 0.717) is 5.82 Å². The molecule has 0 saturated heterocycles. The second-order valence-corrected chi connectivity index (χ2v) is 1.05. The maximum atomic E-state index is 4.77. The second-order valence-electron chi connectivity index (χ2n) is 1.05. The van der Waals surface area contributed by atoms with Crippen molar-refractivity contribution in [2.24, 2.45) is 10.9 Å². The fraction of sp³-hybridized carbons (Fsp3) is 0. The standard InChI is InChI=1S/C2H4N6/c3-4-1-2-5-7-8-6-2/h1H,3H2,(H,5,6,7,8). The van der Waals surface area contributed by atoms with Crippen LogP contribution in [-0.2, 0) is 0 Å². The molecule has 0 amide bonds. The van der Waals surface area contributed by atoms with E-state index in [1.165, 1.54) is 6.21 Å². The van der Waals surface area contributed by atoms with Crippen LogP contribution in [0.5, 0.6) is 0 Å². The van der Waals surface area contributed by atoms with Crippen molar-refractivity contribution in [3.63, 3.8) is 0 Å². The number of hydrogen-bond acceptors (Lipinski definition) is 5. The Morgan fingerprint density at radius 1 is 1.75 bits per heavy atom. The first-order valence-corrected chi connectivity index (χ1v) is 1.90. The molecule has 42 valence electrons. The molecule has 1 rings (SSSR count). The Morgan fingerprint density at radius 2 is 2.62 bits per heavy atom. The quantitative estimate of drug-likeness (QED) is 0.262. The Morgan fingerprint density at radius 3 is 3.12 bits per heavy atom. The molecule has 0 saturated carbocycles. The molecule has 1 aromatic heterocycles. The van der Waals surface area contributed by atoms with E-state index < -0.39 is 0 Å². The summed E-state index contributed by atoms with van der Waals surface area (Å²) in [7, 11) is 0. The van der Waals surface area contributed by atoms with Crippen LogP contribution in [0, 0.1) is 0 Å². The van der Waals surface area contributed by atoms with Crippen molar-refractivity contribution >= 4 is 6.21 Å². The van der Waals surface area contributed by atoms with E-state index in [9.17, 15) is 0 Å². The maximum absolute atomic E-state index is 4.77. The van der Waals surface area contributed by atoms with Gasteiger partial charge in [0, 0.05) is 0 Å². The molecule has 0 aliphatic rings. The van der Waals surface area contributed by atoms with Crippen LogP contribution >= 0.6 is 0 Å². The number of aromatic amines is 1. The van der Waals surface area contributed by atoms with Gasteiger partial charge in [-0.2, -0.15) is 10.3 Å². The number of aromatic nitrogens is 4. The smallest absolute Gasteiger partial charge is 0.217 e. The van der Waals surface area contributed by atoms with Crippen LogP contribution in [0.25, 0.3) is 0 Å². The molecule has 1 aromatic rings. The number of nitrogens with zero attached hydrogens (tertiary/aromatic N) is 4. The lowest BCUT2D eigenvalue weighted by atomic mass is 10.7. The van der Waals surface area contributed by atoms with Gasteiger partial charge in [-0.25, -0.2) is 0 Å². The fourth-order valence-electron chi connectivity index (χ4n) is 0.291. The van der Waals surface area contributed by atoms with E-state index in [2.05, 4.69) is 25.7 Å². The van der Waals surface area contributed by atoms with Crippen molar-refractivity contribution in [3.8, 4) is 0 Å². The fourth-order valence-corrected chi connectivity index (χ4v) is 0.291. The molecular weight excluding hydrogens is 108 g/mol. The summed E-state index contributed by atoms with van der Waals surface area (Å²) in [4.78, 5) is 0. The zero-order chi connectivity index (χ0) is 5.82. The molecule has 0 unspecified atom stereocenters. The molecule has 0 aromatic carbocycles. The molecule has 0 bridgehead atoms. The van der Waals surface area contributed by atoms with Gasteiger partial charge in [-0.1, -0.05) is 0 Å². The van der Waals surface area contributed by atoms with Gasteiger partial charge < -0.3 is 5.84 Å². The lowest BCUT2D eigenvalue weighted by molar-refractivity contribution is 0.881. The molecule has 0 spiro atoms. The van der Waals surface area contributed by atoms with Crippen LogP contribution in [0.1, 0.15) is 5.82 Å². The highest BCUT2D eigenvalue weighted by Crippen LogP contribution is 1.70. The van der Waals surface area contributed by atoms with Crippen molar-refractivity contribution in [1.29, 1.82) is 0 Å². The topological polar surface area (TPSA) is 92.8 Å². The number of hydrazone groups is 1. The molecule has 0 fully saturated rings. The summed E-state index contributed by atoms with van der Waals surface area (Å²) < 4.78 is 0. The maximum Gasteiger partial charge on any atom is 0.217 e. The minimum Gasteiger partial charge on any atom is -0.323 e. The third-order valence-corrected chi connectivity index (χ3v) is 0.552. The number of rotatable bonds is 1.